The van der Waals surface area contributed by atoms with Gasteiger partial charge >= 0.3 is 0 Å². The van der Waals surface area contributed by atoms with Crippen LogP contribution in [0.5, 0.6) is 5.75 Å². The number of hydrogen-bond acceptors (Lipinski definition) is 3. The van der Waals surface area contributed by atoms with E-state index in [2.05, 4.69) is 29.4 Å². The molecule has 1 aromatic rings. The van der Waals surface area contributed by atoms with Gasteiger partial charge in [0.15, 0.2) is 0 Å². The van der Waals surface area contributed by atoms with Crippen molar-refractivity contribution in [1.82, 2.24) is 10.3 Å². The van der Waals surface area contributed by atoms with Crippen LogP contribution in [0.4, 0.5) is 0 Å². The summed E-state index contributed by atoms with van der Waals surface area (Å²) < 4.78 is 5.97. The molecule has 0 aromatic carbocycles. The average molecular weight is 248 g/mol. The predicted molar refractivity (Wildman–Crippen MR) is 73.8 cm³/mol. The van der Waals surface area contributed by atoms with Gasteiger partial charge in [0.25, 0.3) is 0 Å². The standard InChI is InChI=1S/C15H24N2O/c1-3-14(16-2)15-10-9-13(11-17-15)18-12-7-5-4-6-8-12/h9-12,14,16H,3-8H2,1-2H3. The molecule has 0 amide bonds. The van der Waals surface area contributed by atoms with Crippen molar-refractivity contribution in [2.45, 2.75) is 57.6 Å². The van der Waals surface area contributed by atoms with Gasteiger partial charge in [-0.1, -0.05) is 13.3 Å². The maximum Gasteiger partial charge on any atom is 0.138 e. The maximum atomic E-state index is 5.97. The van der Waals surface area contributed by atoms with Gasteiger partial charge in [-0.2, -0.15) is 0 Å². The minimum Gasteiger partial charge on any atom is -0.489 e. The van der Waals surface area contributed by atoms with Gasteiger partial charge in [-0.15, -0.1) is 0 Å². The summed E-state index contributed by atoms with van der Waals surface area (Å²) in [6, 6.07) is 4.47. The van der Waals surface area contributed by atoms with Gasteiger partial charge in [-0.05, 0) is 51.3 Å². The molecule has 1 unspecified atom stereocenters. The number of nitrogens with one attached hydrogen (secondary N) is 1. The second-order valence-electron chi connectivity index (χ2n) is 5.05. The zero-order valence-electron chi connectivity index (χ0n) is 11.5. The highest BCUT2D eigenvalue weighted by Crippen LogP contribution is 2.23. The Kier molecular flexibility index (Phi) is 5.00. The normalized spacial score (nSPS) is 18.6. The van der Waals surface area contributed by atoms with Crippen molar-refractivity contribution in [2.24, 2.45) is 0 Å². The summed E-state index contributed by atoms with van der Waals surface area (Å²) in [6.07, 6.45) is 9.65. The molecular formula is C15H24N2O. The van der Waals surface area contributed by atoms with Crippen LogP contribution < -0.4 is 10.1 Å². The fraction of sp³-hybridized carbons (Fsp3) is 0.667. The molecule has 0 bridgehead atoms. The second-order valence-corrected chi connectivity index (χ2v) is 5.05. The van der Waals surface area contributed by atoms with Crippen molar-refractivity contribution in [1.29, 1.82) is 0 Å². The molecule has 3 heteroatoms. The van der Waals surface area contributed by atoms with E-state index in [9.17, 15) is 0 Å². The van der Waals surface area contributed by atoms with Crippen LogP contribution in [0.2, 0.25) is 0 Å². The van der Waals surface area contributed by atoms with E-state index in [1.807, 2.05) is 13.2 Å². The Morgan fingerprint density at radius 2 is 2.11 bits per heavy atom. The number of nitrogens with zero attached hydrogens (tertiary/aromatic N) is 1. The van der Waals surface area contributed by atoms with Crippen LogP contribution in [0.15, 0.2) is 18.3 Å². The summed E-state index contributed by atoms with van der Waals surface area (Å²) in [4.78, 5) is 4.50. The van der Waals surface area contributed by atoms with Gasteiger partial charge in [-0.3, -0.25) is 4.98 Å². The summed E-state index contributed by atoms with van der Waals surface area (Å²) >= 11 is 0. The Morgan fingerprint density at radius 1 is 1.33 bits per heavy atom. The van der Waals surface area contributed by atoms with E-state index in [0.717, 1.165) is 17.9 Å². The summed E-state index contributed by atoms with van der Waals surface area (Å²) in [6.45, 7) is 2.16. The molecule has 1 heterocycles. The lowest BCUT2D eigenvalue weighted by Gasteiger charge is -2.23. The number of hydrogen-bond donors (Lipinski definition) is 1. The molecule has 1 aromatic heterocycles. The molecule has 2 rings (SSSR count). The molecule has 1 aliphatic carbocycles. The van der Waals surface area contributed by atoms with Crippen LogP contribution in [0.3, 0.4) is 0 Å². The predicted octanol–water partition coefficient (Wildman–Crippen LogP) is 3.46. The first-order valence-corrected chi connectivity index (χ1v) is 7.13. The van der Waals surface area contributed by atoms with Crippen molar-refractivity contribution in [2.75, 3.05) is 7.05 Å². The molecule has 3 nitrogen and oxygen atoms in total. The molecule has 18 heavy (non-hydrogen) atoms. The van der Waals surface area contributed by atoms with E-state index in [1.54, 1.807) is 0 Å². The van der Waals surface area contributed by atoms with E-state index >= 15 is 0 Å². The number of pyridine rings is 1. The molecule has 1 saturated carbocycles. The Hall–Kier alpha value is -1.09. The minimum atomic E-state index is 0.341. The molecule has 1 aliphatic rings. The van der Waals surface area contributed by atoms with Crippen LogP contribution in [-0.4, -0.2) is 18.1 Å². The molecule has 0 aliphatic heterocycles. The lowest BCUT2D eigenvalue weighted by atomic mass is 9.98. The van der Waals surface area contributed by atoms with E-state index in [-0.39, 0.29) is 0 Å². The van der Waals surface area contributed by atoms with Crippen LogP contribution in [-0.2, 0) is 0 Å². The third-order valence-electron chi connectivity index (χ3n) is 3.73. The Bertz CT molecular complexity index is 340. The first-order chi connectivity index (χ1) is 8.83. The smallest absolute Gasteiger partial charge is 0.138 e. The second kappa shape index (κ2) is 6.74. The van der Waals surface area contributed by atoms with E-state index < -0.39 is 0 Å². The topological polar surface area (TPSA) is 34.1 Å². The Labute approximate surface area is 110 Å². The van der Waals surface area contributed by atoms with Crippen LogP contribution in [0.25, 0.3) is 0 Å². The lowest BCUT2D eigenvalue weighted by Crippen LogP contribution is -2.20. The van der Waals surface area contributed by atoms with Crippen LogP contribution in [0, 0.1) is 0 Å². The molecule has 0 spiro atoms. The maximum absolute atomic E-state index is 5.97. The molecule has 1 fully saturated rings. The van der Waals surface area contributed by atoms with E-state index in [0.29, 0.717) is 12.1 Å². The molecule has 0 saturated heterocycles. The molecule has 100 valence electrons. The fourth-order valence-corrected chi connectivity index (χ4v) is 2.60. The molecule has 1 atom stereocenters. The molecule has 0 radical (unpaired) electrons. The zero-order chi connectivity index (χ0) is 12.8. The van der Waals surface area contributed by atoms with Crippen molar-refractivity contribution < 1.29 is 4.74 Å². The molecule has 1 N–H and O–H groups in total. The zero-order valence-corrected chi connectivity index (χ0v) is 11.5. The fourth-order valence-electron chi connectivity index (χ4n) is 2.60. The first kappa shape index (κ1) is 13.3. The summed E-state index contributed by atoms with van der Waals surface area (Å²) in [5.41, 5.74) is 1.09. The van der Waals surface area contributed by atoms with Gasteiger partial charge in [0.2, 0.25) is 0 Å². The van der Waals surface area contributed by atoms with Crippen molar-refractivity contribution in [3.8, 4) is 5.75 Å². The van der Waals surface area contributed by atoms with Crippen molar-refractivity contribution in [3.63, 3.8) is 0 Å². The van der Waals surface area contributed by atoms with Gasteiger partial charge in [0, 0.05) is 6.04 Å². The highest BCUT2D eigenvalue weighted by Gasteiger charge is 2.15. The monoisotopic (exact) mass is 248 g/mol. The summed E-state index contributed by atoms with van der Waals surface area (Å²) in [5.74, 6) is 0.914. The van der Waals surface area contributed by atoms with Crippen molar-refractivity contribution >= 4 is 0 Å². The Morgan fingerprint density at radius 3 is 2.67 bits per heavy atom. The SMILES string of the molecule is CCC(NC)c1ccc(OC2CCCCC2)cn1. The van der Waals surface area contributed by atoms with Crippen LogP contribution in [0.1, 0.15) is 57.2 Å². The van der Waals surface area contributed by atoms with E-state index in [4.69, 9.17) is 4.74 Å². The van der Waals surface area contributed by atoms with Gasteiger partial charge < -0.3 is 10.1 Å². The molecular weight excluding hydrogens is 224 g/mol. The lowest BCUT2D eigenvalue weighted by molar-refractivity contribution is 0.154. The van der Waals surface area contributed by atoms with Gasteiger partial charge in [-0.25, -0.2) is 0 Å². The minimum absolute atomic E-state index is 0.341. The largest absolute Gasteiger partial charge is 0.489 e. The quantitative estimate of drug-likeness (QED) is 0.866. The average Bonchev–Trinajstić information content (AvgIpc) is 2.43. The van der Waals surface area contributed by atoms with Gasteiger partial charge in [0.1, 0.15) is 5.75 Å². The first-order valence-electron chi connectivity index (χ1n) is 7.13. The highest BCUT2D eigenvalue weighted by molar-refractivity contribution is 5.21. The van der Waals surface area contributed by atoms with E-state index in [1.165, 1.54) is 32.1 Å². The number of aromatic nitrogens is 1. The van der Waals surface area contributed by atoms with Crippen LogP contribution >= 0.6 is 0 Å². The van der Waals surface area contributed by atoms with Gasteiger partial charge in [0.05, 0.1) is 18.0 Å². The summed E-state index contributed by atoms with van der Waals surface area (Å²) in [7, 11) is 1.97. The highest BCUT2D eigenvalue weighted by atomic mass is 16.5. The Balaban J connectivity index is 1.94. The third kappa shape index (κ3) is 3.45. The van der Waals surface area contributed by atoms with Crippen molar-refractivity contribution in [3.05, 3.63) is 24.0 Å². The summed E-state index contributed by atoms with van der Waals surface area (Å²) in [5, 5.41) is 3.27. The number of ether oxygens (including phenoxy) is 1. The number of rotatable bonds is 5. The third-order valence-corrected chi connectivity index (χ3v) is 3.73.